The molecular weight excluding hydrogens is 520 g/mol. The molecule has 0 atom stereocenters. The van der Waals surface area contributed by atoms with Crippen LogP contribution in [-0.2, 0) is 26.1 Å². The first-order valence-corrected chi connectivity index (χ1v) is 14.1. The van der Waals surface area contributed by atoms with Gasteiger partial charge in [0.25, 0.3) is 5.91 Å². The summed E-state index contributed by atoms with van der Waals surface area (Å²) < 4.78 is 5.44. The maximum atomic E-state index is 13.5. The number of aromatic nitrogens is 6. The summed E-state index contributed by atoms with van der Waals surface area (Å²) in [5.74, 6) is -0.419. The Morgan fingerprint density at radius 2 is 1.80 bits per heavy atom. The second kappa shape index (κ2) is 12.1. The number of carbonyl (C=O) groups is 3. The number of benzene rings is 1. The monoisotopic (exact) mass is 560 g/mol. The maximum Gasteiger partial charge on any atom is 0.276 e. The van der Waals surface area contributed by atoms with Crippen LogP contribution in [0, 0.1) is 19.3 Å². The second-order valence-corrected chi connectivity index (χ2v) is 11.3. The Labute approximate surface area is 240 Å². The Morgan fingerprint density at radius 3 is 2.46 bits per heavy atom. The molecule has 0 radical (unpaired) electrons. The van der Waals surface area contributed by atoms with Crippen LogP contribution >= 0.6 is 0 Å². The number of hydrogen-bond acceptors (Lipinski definition) is 6. The van der Waals surface area contributed by atoms with Crippen molar-refractivity contribution in [3.63, 3.8) is 0 Å². The van der Waals surface area contributed by atoms with E-state index >= 15 is 0 Å². The summed E-state index contributed by atoms with van der Waals surface area (Å²) in [6.07, 6.45) is 4.14. The first kappa shape index (κ1) is 29.7. The molecule has 0 bridgehead atoms. The van der Waals surface area contributed by atoms with Gasteiger partial charge in [-0.1, -0.05) is 20.8 Å². The lowest BCUT2D eigenvalue weighted by atomic mass is 9.83. The number of fused-ring (bicyclic) bond motifs is 1. The second-order valence-electron chi connectivity index (χ2n) is 11.3. The Bertz CT molecular complexity index is 1590. The molecule has 0 aliphatic heterocycles. The van der Waals surface area contributed by atoms with Gasteiger partial charge in [-0.05, 0) is 76.1 Å². The van der Waals surface area contributed by atoms with Crippen LogP contribution in [0.2, 0.25) is 0 Å². The van der Waals surface area contributed by atoms with Gasteiger partial charge >= 0.3 is 0 Å². The van der Waals surface area contributed by atoms with Crippen molar-refractivity contribution in [2.75, 3.05) is 5.32 Å². The van der Waals surface area contributed by atoms with Gasteiger partial charge in [-0.25, -0.2) is 4.98 Å². The minimum Gasteiger partial charge on any atom is -0.366 e. The van der Waals surface area contributed by atoms with Crippen LogP contribution in [0.25, 0.3) is 11.0 Å². The summed E-state index contributed by atoms with van der Waals surface area (Å²) in [5, 5.41) is 12.1. The van der Waals surface area contributed by atoms with Gasteiger partial charge in [-0.15, -0.1) is 0 Å². The van der Waals surface area contributed by atoms with Gasteiger partial charge < -0.3 is 10.3 Å². The van der Waals surface area contributed by atoms with Gasteiger partial charge in [0.1, 0.15) is 11.4 Å². The third-order valence-electron chi connectivity index (χ3n) is 7.60. The largest absolute Gasteiger partial charge is 0.366 e. The zero-order chi connectivity index (χ0) is 29.9. The van der Waals surface area contributed by atoms with Crippen molar-refractivity contribution in [1.82, 2.24) is 29.1 Å². The van der Waals surface area contributed by atoms with Crippen molar-refractivity contribution in [2.24, 2.45) is 11.1 Å². The molecule has 0 fully saturated rings. The number of hydrogen-bond donors (Lipinski definition) is 2. The number of aldehydes is 1. The molecule has 0 spiro atoms. The number of amides is 2. The molecule has 0 unspecified atom stereocenters. The molecule has 11 nitrogen and oxygen atoms in total. The molecule has 3 heterocycles. The molecular formula is C30H40N8O3. The predicted molar refractivity (Wildman–Crippen MR) is 158 cm³/mol. The van der Waals surface area contributed by atoms with E-state index in [0.717, 1.165) is 54.4 Å². The van der Waals surface area contributed by atoms with Gasteiger partial charge in [-0.3, -0.25) is 29.1 Å². The van der Waals surface area contributed by atoms with Crippen molar-refractivity contribution in [1.29, 1.82) is 0 Å². The Morgan fingerprint density at radius 1 is 1.05 bits per heavy atom. The summed E-state index contributed by atoms with van der Waals surface area (Å²) in [6, 6.07) is 6.89. The van der Waals surface area contributed by atoms with Crippen LogP contribution in [0.15, 0.2) is 24.3 Å². The quantitative estimate of drug-likeness (QED) is 0.227. The van der Waals surface area contributed by atoms with Crippen molar-refractivity contribution in [3.8, 4) is 0 Å². The third kappa shape index (κ3) is 6.39. The number of nitrogens with two attached hydrogens (primary N) is 1. The molecule has 0 aliphatic carbocycles. The molecule has 4 rings (SSSR count). The number of carbonyl (C=O) groups excluding carboxylic acids is 3. The van der Waals surface area contributed by atoms with E-state index in [1.54, 1.807) is 33.6 Å². The molecule has 0 saturated heterocycles. The van der Waals surface area contributed by atoms with Gasteiger partial charge in [0.2, 0.25) is 11.9 Å². The van der Waals surface area contributed by atoms with Gasteiger partial charge in [0.15, 0.2) is 6.29 Å². The zero-order valence-electron chi connectivity index (χ0n) is 24.8. The summed E-state index contributed by atoms with van der Waals surface area (Å²) in [5.41, 5.74) is 10.9. The first-order valence-electron chi connectivity index (χ1n) is 14.1. The maximum absolute atomic E-state index is 13.5. The fourth-order valence-electron chi connectivity index (χ4n) is 5.21. The van der Waals surface area contributed by atoms with Crippen LogP contribution in [0.4, 0.5) is 5.95 Å². The number of rotatable bonds is 13. The standard InChI is InChI=1S/C30H40N8O3/c1-7-14-36-24-10-9-21(27(31)40)17-23(24)32-29(36)33-28(41)25-16-19(3)34-38(25)15-13-30(5,6)12-11-22-20(4)35-37(8-2)26(22)18-39/h9-10,16-18H,7-8,11-15H2,1-6H3,(H2,31,40)(H,32,33,41). The molecule has 1 aromatic carbocycles. The zero-order valence-corrected chi connectivity index (χ0v) is 24.8. The highest BCUT2D eigenvalue weighted by atomic mass is 16.2. The van der Waals surface area contributed by atoms with E-state index in [4.69, 9.17) is 5.73 Å². The SMILES string of the molecule is CCCn1c(NC(=O)c2cc(C)nn2CCC(C)(C)CCc2c(C)nn(CC)c2C=O)nc2cc(C(N)=O)ccc21. The summed E-state index contributed by atoms with van der Waals surface area (Å²) in [4.78, 5) is 41.5. The Hall–Kier alpha value is -4.28. The number of aryl methyl sites for hydroxylation is 5. The number of imidazole rings is 1. The molecule has 0 aliphatic rings. The Balaban J connectivity index is 1.49. The molecule has 218 valence electrons. The van der Waals surface area contributed by atoms with E-state index in [2.05, 4.69) is 34.3 Å². The van der Waals surface area contributed by atoms with E-state index in [-0.39, 0.29) is 11.3 Å². The highest BCUT2D eigenvalue weighted by Crippen LogP contribution is 2.30. The lowest BCUT2D eigenvalue weighted by Crippen LogP contribution is -2.22. The predicted octanol–water partition coefficient (Wildman–Crippen LogP) is 4.69. The average molecular weight is 561 g/mol. The number of nitrogens with zero attached hydrogens (tertiary/aromatic N) is 6. The van der Waals surface area contributed by atoms with Crippen molar-refractivity contribution < 1.29 is 14.4 Å². The Kier molecular flexibility index (Phi) is 8.74. The van der Waals surface area contributed by atoms with Gasteiger partial charge in [-0.2, -0.15) is 10.2 Å². The van der Waals surface area contributed by atoms with Crippen LogP contribution in [-0.4, -0.2) is 47.2 Å². The van der Waals surface area contributed by atoms with E-state index < -0.39 is 5.91 Å². The number of anilines is 1. The third-order valence-corrected chi connectivity index (χ3v) is 7.60. The molecule has 4 aromatic rings. The minimum atomic E-state index is -0.528. The van der Waals surface area contributed by atoms with Gasteiger partial charge in [0.05, 0.1) is 22.4 Å². The summed E-state index contributed by atoms with van der Waals surface area (Å²) in [6.45, 7) is 14.1. The lowest BCUT2D eigenvalue weighted by Gasteiger charge is -2.25. The van der Waals surface area contributed by atoms with Crippen LogP contribution in [0.1, 0.15) is 95.2 Å². The summed E-state index contributed by atoms with van der Waals surface area (Å²) >= 11 is 0. The minimum absolute atomic E-state index is 0.0677. The van der Waals surface area contributed by atoms with Gasteiger partial charge in [0, 0.05) is 30.8 Å². The van der Waals surface area contributed by atoms with E-state index in [0.29, 0.717) is 48.1 Å². The van der Waals surface area contributed by atoms with Crippen LogP contribution in [0.5, 0.6) is 0 Å². The molecule has 3 aromatic heterocycles. The smallest absolute Gasteiger partial charge is 0.276 e. The van der Waals surface area contributed by atoms with E-state index in [9.17, 15) is 14.4 Å². The highest BCUT2D eigenvalue weighted by molar-refractivity contribution is 6.03. The normalized spacial score (nSPS) is 11.8. The molecule has 3 N–H and O–H groups in total. The first-order chi connectivity index (χ1) is 19.5. The van der Waals surface area contributed by atoms with Crippen LogP contribution < -0.4 is 11.1 Å². The topological polar surface area (TPSA) is 143 Å². The highest BCUT2D eigenvalue weighted by Gasteiger charge is 2.24. The van der Waals surface area contributed by atoms with Crippen molar-refractivity contribution >= 4 is 35.1 Å². The van der Waals surface area contributed by atoms with E-state index in [1.807, 2.05) is 32.3 Å². The van der Waals surface area contributed by atoms with E-state index in [1.165, 1.54) is 0 Å². The van der Waals surface area contributed by atoms with Crippen molar-refractivity contribution in [3.05, 3.63) is 58.2 Å². The van der Waals surface area contributed by atoms with Crippen LogP contribution in [0.3, 0.4) is 0 Å². The average Bonchev–Trinajstić information content (AvgIpc) is 3.58. The fraction of sp³-hybridized carbons (Fsp3) is 0.467. The molecule has 2 amide bonds. The summed E-state index contributed by atoms with van der Waals surface area (Å²) in [7, 11) is 0. The number of nitrogens with one attached hydrogen (secondary N) is 1. The lowest BCUT2D eigenvalue weighted by molar-refractivity contribution is 0.0995. The molecule has 41 heavy (non-hydrogen) atoms. The fourth-order valence-corrected chi connectivity index (χ4v) is 5.21. The molecule has 11 heteroatoms. The molecule has 0 saturated carbocycles. The number of primary amides is 1. The van der Waals surface area contributed by atoms with Crippen molar-refractivity contribution in [2.45, 2.75) is 86.9 Å².